The fourth-order valence-corrected chi connectivity index (χ4v) is 1.65. The first kappa shape index (κ1) is 12.1. The molecule has 0 saturated heterocycles. The zero-order chi connectivity index (χ0) is 12.8. The Labute approximate surface area is 107 Å². The Balaban J connectivity index is 1.98. The first-order valence-electron chi connectivity index (χ1n) is 5.85. The molecule has 2 rings (SSSR count). The summed E-state index contributed by atoms with van der Waals surface area (Å²) in [6.45, 7) is 2.03. The van der Waals surface area contributed by atoms with Gasteiger partial charge in [-0.3, -0.25) is 4.79 Å². The van der Waals surface area contributed by atoms with E-state index in [1.54, 1.807) is 18.3 Å². The Bertz CT molecular complexity index is 558. The largest absolute Gasteiger partial charge is 0.362 e. The molecule has 2 nitrogen and oxygen atoms in total. The third-order valence-electron chi connectivity index (χ3n) is 2.56. The maximum Gasteiger partial charge on any atom is 0.187 e. The Morgan fingerprint density at radius 3 is 2.56 bits per heavy atom. The van der Waals surface area contributed by atoms with Gasteiger partial charge < -0.3 is 5.32 Å². The lowest BCUT2D eigenvalue weighted by Gasteiger charge is -2.01. The van der Waals surface area contributed by atoms with Crippen molar-refractivity contribution >= 4 is 11.5 Å². The van der Waals surface area contributed by atoms with Gasteiger partial charge in [-0.1, -0.05) is 42.5 Å². The van der Waals surface area contributed by atoms with E-state index < -0.39 is 0 Å². The number of benzene rings is 2. The van der Waals surface area contributed by atoms with Crippen molar-refractivity contribution in [1.82, 2.24) is 0 Å². The predicted octanol–water partition coefficient (Wildman–Crippen LogP) is 3.80. The van der Waals surface area contributed by atoms with Crippen molar-refractivity contribution in [3.8, 4) is 0 Å². The van der Waals surface area contributed by atoms with Gasteiger partial charge in [-0.2, -0.15) is 0 Å². The number of ketones is 1. The van der Waals surface area contributed by atoms with E-state index in [-0.39, 0.29) is 5.78 Å². The maximum absolute atomic E-state index is 11.8. The van der Waals surface area contributed by atoms with Crippen LogP contribution in [0.4, 0.5) is 5.69 Å². The second kappa shape index (κ2) is 5.82. The number of aryl methyl sites for hydroxylation is 1. The van der Waals surface area contributed by atoms with E-state index in [9.17, 15) is 4.79 Å². The second-order valence-electron chi connectivity index (χ2n) is 4.08. The van der Waals surface area contributed by atoms with E-state index in [4.69, 9.17) is 0 Å². The van der Waals surface area contributed by atoms with Gasteiger partial charge >= 0.3 is 0 Å². The van der Waals surface area contributed by atoms with Crippen molar-refractivity contribution in [3.63, 3.8) is 0 Å². The molecule has 2 aromatic carbocycles. The topological polar surface area (TPSA) is 29.1 Å². The summed E-state index contributed by atoms with van der Waals surface area (Å²) in [6.07, 6.45) is 3.21. The summed E-state index contributed by atoms with van der Waals surface area (Å²) < 4.78 is 0. The fourth-order valence-electron chi connectivity index (χ4n) is 1.65. The van der Waals surface area contributed by atoms with Crippen LogP contribution in [0.25, 0.3) is 0 Å². The molecule has 0 aliphatic heterocycles. The normalized spacial score (nSPS) is 10.5. The Morgan fingerprint density at radius 2 is 1.83 bits per heavy atom. The molecule has 0 bridgehead atoms. The molecule has 0 unspecified atom stereocenters. The number of anilines is 1. The van der Waals surface area contributed by atoms with Gasteiger partial charge in [0.2, 0.25) is 0 Å². The number of hydrogen-bond donors (Lipinski definition) is 1. The Morgan fingerprint density at radius 1 is 1.06 bits per heavy atom. The number of rotatable bonds is 4. The molecule has 0 heterocycles. The van der Waals surface area contributed by atoms with Crippen LogP contribution in [0.15, 0.2) is 66.9 Å². The molecular formula is C16H15NO. The van der Waals surface area contributed by atoms with Crippen molar-refractivity contribution in [2.45, 2.75) is 6.92 Å². The van der Waals surface area contributed by atoms with E-state index in [2.05, 4.69) is 5.32 Å². The van der Waals surface area contributed by atoms with Crippen LogP contribution in [0.2, 0.25) is 0 Å². The van der Waals surface area contributed by atoms with Crippen LogP contribution in [-0.4, -0.2) is 5.78 Å². The van der Waals surface area contributed by atoms with Crippen molar-refractivity contribution in [1.29, 1.82) is 0 Å². The number of nitrogens with one attached hydrogen (secondary N) is 1. The van der Waals surface area contributed by atoms with Gasteiger partial charge in [-0.25, -0.2) is 0 Å². The highest BCUT2D eigenvalue weighted by Gasteiger charge is 1.98. The minimum Gasteiger partial charge on any atom is -0.362 e. The molecule has 18 heavy (non-hydrogen) atoms. The first-order valence-corrected chi connectivity index (χ1v) is 5.85. The highest BCUT2D eigenvalue weighted by Crippen LogP contribution is 2.09. The van der Waals surface area contributed by atoms with Gasteiger partial charge in [0.1, 0.15) is 0 Å². The predicted molar refractivity (Wildman–Crippen MR) is 74.7 cm³/mol. The van der Waals surface area contributed by atoms with Crippen LogP contribution in [0.3, 0.4) is 0 Å². The number of carbonyl (C=O) groups excluding carboxylic acids is 1. The van der Waals surface area contributed by atoms with Gasteiger partial charge in [-0.15, -0.1) is 0 Å². The fraction of sp³-hybridized carbons (Fsp3) is 0.0625. The average Bonchev–Trinajstić information content (AvgIpc) is 2.40. The van der Waals surface area contributed by atoms with Gasteiger partial charge in [0, 0.05) is 23.5 Å². The van der Waals surface area contributed by atoms with Gasteiger partial charge in [0.25, 0.3) is 0 Å². The quantitative estimate of drug-likeness (QED) is 0.647. The van der Waals surface area contributed by atoms with Crippen LogP contribution in [0.5, 0.6) is 0 Å². The summed E-state index contributed by atoms with van der Waals surface area (Å²) in [6, 6.07) is 17.2. The van der Waals surface area contributed by atoms with Gasteiger partial charge in [0.05, 0.1) is 0 Å². The third-order valence-corrected chi connectivity index (χ3v) is 2.56. The minimum absolute atomic E-state index is 0.00393. The summed E-state index contributed by atoms with van der Waals surface area (Å²) in [4.78, 5) is 11.8. The summed E-state index contributed by atoms with van der Waals surface area (Å²) >= 11 is 0. The molecule has 0 atom stereocenters. The zero-order valence-electron chi connectivity index (χ0n) is 10.3. The molecular weight excluding hydrogens is 222 g/mol. The maximum atomic E-state index is 11.8. The molecule has 0 aliphatic carbocycles. The van der Waals surface area contributed by atoms with E-state index in [0.717, 1.165) is 5.69 Å². The van der Waals surface area contributed by atoms with Crippen molar-refractivity contribution in [3.05, 3.63) is 78.0 Å². The molecule has 90 valence electrons. The summed E-state index contributed by atoms with van der Waals surface area (Å²) in [5.41, 5.74) is 2.86. The molecule has 0 aromatic heterocycles. The van der Waals surface area contributed by atoms with Crippen LogP contribution in [0.1, 0.15) is 15.9 Å². The van der Waals surface area contributed by atoms with E-state index in [1.807, 2.05) is 49.4 Å². The number of hydrogen-bond acceptors (Lipinski definition) is 2. The lowest BCUT2D eigenvalue weighted by Crippen LogP contribution is -1.95. The summed E-state index contributed by atoms with van der Waals surface area (Å²) in [5.74, 6) is -0.00393. The standard InChI is InChI=1S/C16H15NO/c1-13-6-5-9-15(12-13)17-11-10-16(18)14-7-3-2-4-8-14/h2-12,17H,1H3/b11-10+. The SMILES string of the molecule is Cc1cccc(N/C=C/C(=O)c2ccccc2)c1. The average molecular weight is 237 g/mol. The molecule has 0 saturated carbocycles. The zero-order valence-corrected chi connectivity index (χ0v) is 10.3. The van der Waals surface area contributed by atoms with Crippen LogP contribution in [-0.2, 0) is 0 Å². The second-order valence-corrected chi connectivity index (χ2v) is 4.08. The molecule has 2 aromatic rings. The Kier molecular flexibility index (Phi) is 3.92. The third kappa shape index (κ3) is 3.32. The molecule has 0 fully saturated rings. The molecule has 0 radical (unpaired) electrons. The Hall–Kier alpha value is -2.35. The van der Waals surface area contributed by atoms with Crippen LogP contribution < -0.4 is 5.32 Å². The van der Waals surface area contributed by atoms with Gasteiger partial charge in [-0.05, 0) is 24.6 Å². The highest BCUT2D eigenvalue weighted by molar-refractivity contribution is 6.04. The van der Waals surface area contributed by atoms with Crippen LogP contribution in [0, 0.1) is 6.92 Å². The minimum atomic E-state index is -0.00393. The van der Waals surface area contributed by atoms with Crippen LogP contribution >= 0.6 is 0 Å². The monoisotopic (exact) mass is 237 g/mol. The molecule has 2 heteroatoms. The van der Waals surface area contributed by atoms with E-state index in [0.29, 0.717) is 5.56 Å². The summed E-state index contributed by atoms with van der Waals surface area (Å²) in [5, 5.41) is 3.08. The molecule has 0 amide bonds. The van der Waals surface area contributed by atoms with Crippen molar-refractivity contribution in [2.24, 2.45) is 0 Å². The van der Waals surface area contributed by atoms with E-state index >= 15 is 0 Å². The molecule has 0 spiro atoms. The summed E-state index contributed by atoms with van der Waals surface area (Å²) in [7, 11) is 0. The van der Waals surface area contributed by atoms with Crippen molar-refractivity contribution < 1.29 is 4.79 Å². The highest BCUT2D eigenvalue weighted by atomic mass is 16.1. The lowest BCUT2D eigenvalue weighted by atomic mass is 10.1. The number of allylic oxidation sites excluding steroid dienone is 1. The smallest absolute Gasteiger partial charge is 0.187 e. The lowest BCUT2D eigenvalue weighted by molar-refractivity contribution is 0.104. The number of carbonyl (C=O) groups is 1. The van der Waals surface area contributed by atoms with Crippen molar-refractivity contribution in [2.75, 3.05) is 5.32 Å². The van der Waals surface area contributed by atoms with Gasteiger partial charge in [0.15, 0.2) is 5.78 Å². The molecule has 1 N–H and O–H groups in total. The van der Waals surface area contributed by atoms with E-state index in [1.165, 1.54) is 11.6 Å². The molecule has 0 aliphatic rings. The first-order chi connectivity index (χ1) is 8.75.